The number of aromatic nitrogens is 2. The molecule has 2 rings (SSSR count). The Hall–Kier alpha value is -2.45. The number of benzene rings is 1. The van der Waals surface area contributed by atoms with Gasteiger partial charge in [0.25, 0.3) is 0 Å². The van der Waals surface area contributed by atoms with Crippen molar-refractivity contribution in [2.75, 3.05) is 18.5 Å². The van der Waals surface area contributed by atoms with Crippen LogP contribution < -0.4 is 5.32 Å². The average molecular weight is 324 g/mol. The summed E-state index contributed by atoms with van der Waals surface area (Å²) in [4.78, 5) is 0. The zero-order chi connectivity index (χ0) is 17.7. The molecule has 0 aliphatic carbocycles. The molecule has 0 saturated heterocycles. The van der Waals surface area contributed by atoms with E-state index in [9.17, 15) is 10.4 Å². The van der Waals surface area contributed by atoms with E-state index < -0.39 is 0 Å². The molecule has 5 nitrogen and oxygen atoms in total. The van der Waals surface area contributed by atoms with Crippen LogP contribution in [0.3, 0.4) is 0 Å². The van der Waals surface area contributed by atoms with Gasteiger partial charge in [-0.2, -0.15) is 10.4 Å². The predicted molar refractivity (Wildman–Crippen MR) is 94.8 cm³/mol. The normalized spacial score (nSPS) is 12.5. The molecule has 1 aromatic carbocycles. The number of aliphatic hydroxyl groups excluding tert-OH is 1. The van der Waals surface area contributed by atoms with Crippen molar-refractivity contribution in [2.24, 2.45) is 5.41 Å². The van der Waals surface area contributed by atoms with E-state index in [1.165, 1.54) is 0 Å². The number of hydrogen-bond acceptors (Lipinski definition) is 5. The molecule has 1 aromatic heterocycles. The first-order valence-electron chi connectivity index (χ1n) is 8.04. The molecule has 24 heavy (non-hydrogen) atoms. The van der Waals surface area contributed by atoms with Gasteiger partial charge < -0.3 is 10.4 Å². The Balaban J connectivity index is 2.30. The van der Waals surface area contributed by atoms with E-state index in [4.69, 9.17) is 0 Å². The van der Waals surface area contributed by atoms with Gasteiger partial charge >= 0.3 is 0 Å². The fourth-order valence-corrected chi connectivity index (χ4v) is 2.71. The van der Waals surface area contributed by atoms with Gasteiger partial charge in [-0.1, -0.05) is 44.2 Å². The van der Waals surface area contributed by atoms with Crippen molar-refractivity contribution in [3.8, 4) is 6.07 Å². The first kappa shape index (κ1) is 17.9. The third-order valence-electron chi connectivity index (χ3n) is 4.59. The van der Waals surface area contributed by atoms with Gasteiger partial charge in [0, 0.05) is 19.1 Å². The lowest BCUT2D eigenvalue weighted by Crippen LogP contribution is -2.31. The van der Waals surface area contributed by atoms with Gasteiger partial charge in [-0.25, -0.2) is 0 Å². The molecular formula is C19H24N4O. The number of aliphatic hydroxyl groups is 1. The molecule has 0 fully saturated rings. The van der Waals surface area contributed by atoms with Crippen LogP contribution in [-0.4, -0.2) is 28.5 Å². The quantitative estimate of drug-likeness (QED) is 0.853. The van der Waals surface area contributed by atoms with E-state index in [2.05, 4.69) is 33.7 Å². The lowest BCUT2D eigenvalue weighted by atomic mass is 9.75. The van der Waals surface area contributed by atoms with Gasteiger partial charge in [0.15, 0.2) is 5.82 Å². The van der Waals surface area contributed by atoms with Gasteiger partial charge in [0.1, 0.15) is 11.6 Å². The van der Waals surface area contributed by atoms with Crippen molar-refractivity contribution in [1.29, 1.82) is 5.26 Å². The highest BCUT2D eigenvalue weighted by Gasteiger charge is 2.30. The summed E-state index contributed by atoms with van der Waals surface area (Å²) in [6.45, 7) is 8.41. The number of anilines is 1. The standard InChI is InChI=1S/C19H24N4O/c1-13-14(2)22-23-18(16(13)10-20)21-11-17(19(3,4)12-24)15-8-6-5-7-9-15/h5-9,17,24H,11-12H2,1-4H3,(H,21,23). The first-order valence-corrected chi connectivity index (χ1v) is 8.04. The van der Waals surface area contributed by atoms with Crippen LogP contribution in [-0.2, 0) is 0 Å². The average Bonchev–Trinajstić information content (AvgIpc) is 2.59. The number of nitrogens with one attached hydrogen (secondary N) is 1. The van der Waals surface area contributed by atoms with Crippen molar-refractivity contribution in [1.82, 2.24) is 10.2 Å². The van der Waals surface area contributed by atoms with Gasteiger partial charge in [-0.15, -0.1) is 5.10 Å². The highest BCUT2D eigenvalue weighted by atomic mass is 16.3. The third-order valence-corrected chi connectivity index (χ3v) is 4.59. The summed E-state index contributed by atoms with van der Waals surface area (Å²) in [6, 6.07) is 12.3. The zero-order valence-electron chi connectivity index (χ0n) is 14.7. The van der Waals surface area contributed by atoms with Crippen LogP contribution in [0.2, 0.25) is 0 Å². The minimum Gasteiger partial charge on any atom is -0.396 e. The summed E-state index contributed by atoms with van der Waals surface area (Å²) in [7, 11) is 0. The second-order valence-corrected chi connectivity index (χ2v) is 6.74. The van der Waals surface area contributed by atoms with Crippen LogP contribution >= 0.6 is 0 Å². The lowest BCUT2D eigenvalue weighted by Gasteiger charge is -2.33. The maximum atomic E-state index is 9.80. The van der Waals surface area contributed by atoms with Gasteiger partial charge in [-0.3, -0.25) is 0 Å². The monoisotopic (exact) mass is 324 g/mol. The number of aryl methyl sites for hydroxylation is 1. The number of nitrogens with zero attached hydrogens (tertiary/aromatic N) is 3. The van der Waals surface area contributed by atoms with Crippen molar-refractivity contribution >= 4 is 5.82 Å². The van der Waals surface area contributed by atoms with Crippen LogP contribution in [0.5, 0.6) is 0 Å². The van der Waals surface area contributed by atoms with Crippen LogP contribution in [0.15, 0.2) is 30.3 Å². The molecule has 0 amide bonds. The molecule has 2 aromatic rings. The second-order valence-electron chi connectivity index (χ2n) is 6.74. The summed E-state index contributed by atoms with van der Waals surface area (Å²) in [5.74, 6) is 0.564. The SMILES string of the molecule is Cc1nnc(NCC(c2ccccc2)C(C)(C)CO)c(C#N)c1C. The molecule has 0 saturated carbocycles. The number of hydrogen-bond donors (Lipinski definition) is 2. The second kappa shape index (κ2) is 7.41. The lowest BCUT2D eigenvalue weighted by molar-refractivity contribution is 0.134. The van der Waals surface area contributed by atoms with Gasteiger partial charge in [0.05, 0.1) is 5.69 Å². The molecular weight excluding hydrogens is 300 g/mol. The Bertz CT molecular complexity index is 735. The molecule has 126 valence electrons. The smallest absolute Gasteiger partial charge is 0.166 e. The molecule has 0 spiro atoms. The first-order chi connectivity index (χ1) is 11.4. The van der Waals surface area contributed by atoms with E-state index in [1.807, 2.05) is 45.9 Å². The Morgan fingerprint density at radius 3 is 2.46 bits per heavy atom. The Morgan fingerprint density at radius 1 is 1.21 bits per heavy atom. The summed E-state index contributed by atoms with van der Waals surface area (Å²) in [5, 5.41) is 30.7. The molecule has 0 aliphatic rings. The van der Waals surface area contributed by atoms with Crippen molar-refractivity contribution in [2.45, 2.75) is 33.6 Å². The van der Waals surface area contributed by atoms with Crippen LogP contribution in [0.1, 0.15) is 42.1 Å². The van der Waals surface area contributed by atoms with Crippen molar-refractivity contribution < 1.29 is 5.11 Å². The molecule has 1 heterocycles. The van der Waals surface area contributed by atoms with E-state index in [1.54, 1.807) is 0 Å². The van der Waals surface area contributed by atoms with Gasteiger partial charge in [-0.05, 0) is 30.4 Å². The zero-order valence-corrected chi connectivity index (χ0v) is 14.7. The third kappa shape index (κ3) is 3.72. The van der Waals surface area contributed by atoms with E-state index in [0.29, 0.717) is 17.9 Å². The minimum absolute atomic E-state index is 0.0674. The molecule has 0 aliphatic heterocycles. The summed E-state index contributed by atoms with van der Waals surface area (Å²) >= 11 is 0. The Labute approximate surface area is 143 Å². The molecule has 5 heteroatoms. The largest absolute Gasteiger partial charge is 0.396 e. The highest BCUT2D eigenvalue weighted by Crippen LogP contribution is 2.35. The van der Waals surface area contributed by atoms with Crippen LogP contribution in [0, 0.1) is 30.6 Å². The molecule has 0 radical (unpaired) electrons. The van der Waals surface area contributed by atoms with Crippen molar-refractivity contribution in [3.05, 3.63) is 52.7 Å². The fraction of sp³-hybridized carbons (Fsp3) is 0.421. The molecule has 1 atom stereocenters. The summed E-state index contributed by atoms with van der Waals surface area (Å²) in [6.07, 6.45) is 0. The summed E-state index contributed by atoms with van der Waals surface area (Å²) in [5.41, 5.74) is 2.95. The number of rotatable bonds is 6. The van der Waals surface area contributed by atoms with Crippen LogP contribution in [0.4, 0.5) is 5.82 Å². The minimum atomic E-state index is -0.311. The predicted octanol–water partition coefficient (Wildman–Crippen LogP) is 3.18. The Kier molecular flexibility index (Phi) is 5.53. The number of nitriles is 1. The molecule has 2 N–H and O–H groups in total. The van der Waals surface area contributed by atoms with Gasteiger partial charge in [0.2, 0.25) is 0 Å². The highest BCUT2D eigenvalue weighted by molar-refractivity contribution is 5.56. The van der Waals surface area contributed by atoms with E-state index in [0.717, 1.165) is 16.8 Å². The van der Waals surface area contributed by atoms with E-state index >= 15 is 0 Å². The van der Waals surface area contributed by atoms with Crippen molar-refractivity contribution in [3.63, 3.8) is 0 Å². The summed E-state index contributed by atoms with van der Waals surface area (Å²) < 4.78 is 0. The Morgan fingerprint density at radius 2 is 1.88 bits per heavy atom. The maximum absolute atomic E-state index is 9.80. The maximum Gasteiger partial charge on any atom is 0.166 e. The fourth-order valence-electron chi connectivity index (χ4n) is 2.71. The molecule has 1 unspecified atom stereocenters. The van der Waals surface area contributed by atoms with Crippen LogP contribution in [0.25, 0.3) is 0 Å². The molecule has 0 bridgehead atoms. The van der Waals surface area contributed by atoms with E-state index in [-0.39, 0.29) is 17.9 Å². The topological polar surface area (TPSA) is 81.8 Å².